The summed E-state index contributed by atoms with van der Waals surface area (Å²) >= 11 is 0. The molecule has 168 valence electrons. The molecule has 1 aliphatic heterocycles. The first-order valence-corrected chi connectivity index (χ1v) is 11.1. The molecule has 2 aliphatic rings. The van der Waals surface area contributed by atoms with Crippen LogP contribution >= 0.6 is 0 Å². The highest BCUT2D eigenvalue weighted by atomic mass is 19.1. The van der Waals surface area contributed by atoms with Crippen LogP contribution in [0.5, 0.6) is 0 Å². The van der Waals surface area contributed by atoms with Crippen LogP contribution in [0, 0.1) is 12.7 Å². The van der Waals surface area contributed by atoms with Gasteiger partial charge in [-0.05, 0) is 50.8 Å². The third-order valence-electron chi connectivity index (χ3n) is 7.16. The van der Waals surface area contributed by atoms with Gasteiger partial charge in [0.25, 0.3) is 5.56 Å². The molecule has 4 N–H and O–H groups in total. The standard InChI is InChI=1S/C24H28FN5O2/c1-15-20-18(22(31)30(27)23(32)29(20)17-7-8-17)13-19(25)21(15)28-12-10-24(14-28,9-11-26)16-5-3-2-4-6-16/h2-6,13,17H,7-12,14,26-27H2,1H3. The lowest BCUT2D eigenvalue weighted by Crippen LogP contribution is -2.44. The molecule has 1 unspecified atom stereocenters. The maximum atomic E-state index is 15.5. The minimum Gasteiger partial charge on any atom is -0.368 e. The maximum Gasteiger partial charge on any atom is 0.350 e. The smallest absolute Gasteiger partial charge is 0.350 e. The second-order valence-electron chi connectivity index (χ2n) is 9.14. The molecule has 0 radical (unpaired) electrons. The average molecular weight is 438 g/mol. The number of hydrogen-bond acceptors (Lipinski definition) is 5. The highest BCUT2D eigenvalue weighted by Crippen LogP contribution is 2.43. The van der Waals surface area contributed by atoms with Crippen molar-refractivity contribution in [1.82, 2.24) is 9.24 Å². The van der Waals surface area contributed by atoms with Gasteiger partial charge in [-0.15, -0.1) is 0 Å². The van der Waals surface area contributed by atoms with E-state index in [1.54, 1.807) is 11.5 Å². The largest absolute Gasteiger partial charge is 0.368 e. The Kier molecular flexibility index (Phi) is 4.85. The first-order valence-electron chi connectivity index (χ1n) is 11.1. The van der Waals surface area contributed by atoms with Gasteiger partial charge in [0, 0.05) is 30.1 Å². The summed E-state index contributed by atoms with van der Waals surface area (Å²) < 4.78 is 17.7. The molecule has 1 aromatic heterocycles. The van der Waals surface area contributed by atoms with Crippen molar-refractivity contribution in [3.8, 4) is 0 Å². The van der Waals surface area contributed by atoms with Crippen LogP contribution in [-0.4, -0.2) is 28.9 Å². The van der Waals surface area contributed by atoms with Crippen molar-refractivity contribution < 1.29 is 4.39 Å². The molecule has 2 heterocycles. The van der Waals surface area contributed by atoms with E-state index in [-0.39, 0.29) is 16.8 Å². The fraction of sp³-hybridized carbons (Fsp3) is 0.417. The number of benzene rings is 2. The molecule has 1 atom stereocenters. The van der Waals surface area contributed by atoms with Gasteiger partial charge in [0.1, 0.15) is 5.82 Å². The zero-order valence-electron chi connectivity index (χ0n) is 18.2. The molecule has 1 aliphatic carbocycles. The summed E-state index contributed by atoms with van der Waals surface area (Å²) in [4.78, 5) is 27.5. The molecule has 7 nitrogen and oxygen atoms in total. The normalized spacial score (nSPS) is 20.9. The summed E-state index contributed by atoms with van der Waals surface area (Å²) in [5.74, 6) is 5.27. The van der Waals surface area contributed by atoms with Gasteiger partial charge >= 0.3 is 5.69 Å². The van der Waals surface area contributed by atoms with E-state index < -0.39 is 17.1 Å². The highest BCUT2D eigenvalue weighted by Gasteiger charge is 2.40. The molecule has 32 heavy (non-hydrogen) atoms. The summed E-state index contributed by atoms with van der Waals surface area (Å²) in [5.41, 5.74) is 7.36. The van der Waals surface area contributed by atoms with E-state index in [0.29, 0.717) is 41.1 Å². The molecular weight excluding hydrogens is 409 g/mol. The van der Waals surface area contributed by atoms with E-state index in [0.717, 1.165) is 25.7 Å². The van der Waals surface area contributed by atoms with Crippen molar-refractivity contribution in [2.75, 3.05) is 30.4 Å². The lowest BCUT2D eigenvalue weighted by atomic mass is 9.77. The molecule has 1 saturated heterocycles. The molecule has 0 bridgehead atoms. The van der Waals surface area contributed by atoms with Crippen molar-refractivity contribution in [2.45, 2.75) is 44.1 Å². The Bertz CT molecular complexity index is 1310. The fourth-order valence-electron chi connectivity index (χ4n) is 5.43. The summed E-state index contributed by atoms with van der Waals surface area (Å²) in [6.07, 6.45) is 3.34. The molecule has 1 saturated carbocycles. The number of rotatable bonds is 5. The lowest BCUT2D eigenvalue weighted by Gasteiger charge is -2.31. The van der Waals surface area contributed by atoms with Crippen LogP contribution in [0.4, 0.5) is 10.1 Å². The number of anilines is 1. The number of aryl methyl sites for hydroxylation is 1. The van der Waals surface area contributed by atoms with Gasteiger partial charge in [-0.1, -0.05) is 30.3 Å². The van der Waals surface area contributed by atoms with Crippen molar-refractivity contribution in [1.29, 1.82) is 0 Å². The number of nitrogen functional groups attached to an aromatic ring is 1. The Labute approximate surface area is 185 Å². The Hall–Kier alpha value is -3.13. The number of fused-ring (bicyclic) bond motifs is 1. The summed E-state index contributed by atoms with van der Waals surface area (Å²) in [5, 5.41) is 0.147. The van der Waals surface area contributed by atoms with E-state index in [1.165, 1.54) is 11.6 Å². The number of nitrogens with zero attached hydrogens (tertiary/aromatic N) is 3. The van der Waals surface area contributed by atoms with Gasteiger partial charge < -0.3 is 16.5 Å². The molecule has 0 amide bonds. The second-order valence-corrected chi connectivity index (χ2v) is 9.14. The van der Waals surface area contributed by atoms with E-state index in [1.807, 2.05) is 23.1 Å². The van der Waals surface area contributed by atoms with Crippen LogP contribution in [0.1, 0.15) is 42.9 Å². The van der Waals surface area contributed by atoms with Gasteiger partial charge in [-0.3, -0.25) is 9.36 Å². The minimum absolute atomic E-state index is 0.00311. The SMILES string of the molecule is Cc1c(N2CCC(CCN)(c3ccccc3)C2)c(F)cc2c(=O)n(N)c(=O)n(C3CC3)c12. The Morgan fingerprint density at radius 1 is 1.19 bits per heavy atom. The zero-order valence-corrected chi connectivity index (χ0v) is 18.2. The minimum atomic E-state index is -0.668. The summed E-state index contributed by atoms with van der Waals surface area (Å²) in [6, 6.07) is 11.5. The van der Waals surface area contributed by atoms with E-state index in [2.05, 4.69) is 12.1 Å². The Balaban J connectivity index is 1.67. The van der Waals surface area contributed by atoms with Crippen LogP contribution < -0.4 is 27.7 Å². The topological polar surface area (TPSA) is 99.3 Å². The fourth-order valence-corrected chi connectivity index (χ4v) is 5.43. The molecular formula is C24H28FN5O2. The molecule has 5 rings (SSSR count). The molecule has 2 aromatic carbocycles. The molecule has 2 fully saturated rings. The number of halogens is 1. The average Bonchev–Trinajstić information content (AvgIpc) is 3.54. The van der Waals surface area contributed by atoms with Gasteiger partial charge in [0.2, 0.25) is 0 Å². The third kappa shape index (κ3) is 3.04. The second kappa shape index (κ2) is 7.48. The first-order chi connectivity index (χ1) is 15.4. The van der Waals surface area contributed by atoms with Crippen LogP contribution in [0.2, 0.25) is 0 Å². The Morgan fingerprint density at radius 2 is 1.91 bits per heavy atom. The molecule has 8 heteroatoms. The van der Waals surface area contributed by atoms with Crippen molar-refractivity contribution in [3.05, 3.63) is 74.2 Å². The van der Waals surface area contributed by atoms with Crippen LogP contribution in [0.3, 0.4) is 0 Å². The quantitative estimate of drug-likeness (QED) is 0.596. The molecule has 0 spiro atoms. The predicted octanol–water partition coefficient (Wildman–Crippen LogP) is 2.16. The zero-order chi connectivity index (χ0) is 22.6. The number of hydrogen-bond donors (Lipinski definition) is 2. The van der Waals surface area contributed by atoms with Crippen LogP contribution in [0.25, 0.3) is 10.9 Å². The number of nitrogens with two attached hydrogens (primary N) is 2. The van der Waals surface area contributed by atoms with E-state index in [9.17, 15) is 9.59 Å². The highest BCUT2D eigenvalue weighted by molar-refractivity contribution is 5.87. The first kappa shape index (κ1) is 20.8. The van der Waals surface area contributed by atoms with Crippen LogP contribution in [-0.2, 0) is 5.41 Å². The summed E-state index contributed by atoms with van der Waals surface area (Å²) in [7, 11) is 0. The van der Waals surface area contributed by atoms with Crippen molar-refractivity contribution in [3.63, 3.8) is 0 Å². The van der Waals surface area contributed by atoms with Gasteiger partial charge in [-0.2, -0.15) is 4.68 Å². The van der Waals surface area contributed by atoms with E-state index >= 15 is 4.39 Å². The predicted molar refractivity (Wildman–Crippen MR) is 124 cm³/mol. The maximum absolute atomic E-state index is 15.5. The van der Waals surface area contributed by atoms with Crippen LogP contribution in [0.15, 0.2) is 46.0 Å². The monoisotopic (exact) mass is 437 g/mol. The molecule has 3 aromatic rings. The lowest BCUT2D eigenvalue weighted by molar-refractivity contribution is 0.443. The number of aromatic nitrogens is 2. The van der Waals surface area contributed by atoms with Crippen molar-refractivity contribution >= 4 is 16.6 Å². The van der Waals surface area contributed by atoms with Gasteiger partial charge in [0.15, 0.2) is 0 Å². The van der Waals surface area contributed by atoms with Gasteiger partial charge in [0.05, 0.1) is 16.6 Å². The third-order valence-corrected chi connectivity index (χ3v) is 7.16. The van der Waals surface area contributed by atoms with E-state index in [4.69, 9.17) is 11.6 Å². The Morgan fingerprint density at radius 3 is 2.56 bits per heavy atom. The summed E-state index contributed by atoms with van der Waals surface area (Å²) in [6.45, 7) is 3.63. The van der Waals surface area contributed by atoms with Gasteiger partial charge in [-0.25, -0.2) is 9.18 Å². The van der Waals surface area contributed by atoms with Crippen molar-refractivity contribution in [2.24, 2.45) is 5.73 Å².